The van der Waals surface area contributed by atoms with Crippen LogP contribution in [0.2, 0.25) is 0 Å². The van der Waals surface area contributed by atoms with Crippen LogP contribution < -0.4 is 5.32 Å². The molecule has 0 aromatic rings. The maximum atomic E-state index is 3.54. The van der Waals surface area contributed by atoms with Crippen LogP contribution in [0.15, 0.2) is 0 Å². The van der Waals surface area contributed by atoms with Crippen molar-refractivity contribution < 1.29 is 0 Å². The van der Waals surface area contributed by atoms with E-state index < -0.39 is 0 Å². The Kier molecular flexibility index (Phi) is 6.85. The second kappa shape index (κ2) is 7.62. The largest absolute Gasteiger partial charge is 0.315 e. The fourth-order valence-electron chi connectivity index (χ4n) is 2.19. The molecule has 0 radical (unpaired) electrons. The molecular weight excluding hydrogens is 230 g/mol. The monoisotopic (exact) mass is 259 g/mol. The lowest BCUT2D eigenvalue weighted by Crippen LogP contribution is -2.45. The van der Waals surface area contributed by atoms with Gasteiger partial charge in [0.1, 0.15) is 0 Å². The molecule has 0 spiro atoms. The second-order valence-electron chi connectivity index (χ2n) is 5.79. The van der Waals surface area contributed by atoms with Gasteiger partial charge >= 0.3 is 0 Å². The first-order valence-corrected chi connectivity index (χ1v) is 7.70. The van der Waals surface area contributed by atoms with E-state index in [1.807, 2.05) is 0 Å². The molecule has 1 aliphatic rings. The molecule has 3 nitrogen and oxygen atoms in total. The fraction of sp³-hybridized carbons (Fsp3) is 1.00. The Morgan fingerprint density at radius 2 is 2.06 bits per heavy atom. The van der Waals surface area contributed by atoms with Crippen molar-refractivity contribution in [3.63, 3.8) is 0 Å². The van der Waals surface area contributed by atoms with Crippen molar-refractivity contribution in [2.45, 2.75) is 25.0 Å². The Morgan fingerprint density at radius 3 is 2.71 bits per heavy atom. The molecule has 0 aromatic carbocycles. The van der Waals surface area contributed by atoms with Crippen LogP contribution in [0, 0.1) is 0 Å². The predicted molar refractivity (Wildman–Crippen MR) is 79.0 cm³/mol. The van der Waals surface area contributed by atoms with Gasteiger partial charge < -0.3 is 10.2 Å². The molecular formula is C13H29N3S. The quantitative estimate of drug-likeness (QED) is 0.696. The molecule has 102 valence electrons. The van der Waals surface area contributed by atoms with Gasteiger partial charge in [0.15, 0.2) is 0 Å². The van der Waals surface area contributed by atoms with Crippen molar-refractivity contribution in [3.8, 4) is 0 Å². The molecule has 4 heteroatoms. The Bertz CT molecular complexity index is 207. The highest BCUT2D eigenvalue weighted by Crippen LogP contribution is 2.28. The lowest BCUT2D eigenvalue weighted by atomic mass is 10.2. The van der Waals surface area contributed by atoms with Gasteiger partial charge in [0.25, 0.3) is 0 Å². The first-order valence-electron chi connectivity index (χ1n) is 6.71. The van der Waals surface area contributed by atoms with Crippen LogP contribution in [-0.4, -0.2) is 73.7 Å². The number of hydrogen-bond donors (Lipinski definition) is 1. The van der Waals surface area contributed by atoms with E-state index in [9.17, 15) is 0 Å². The predicted octanol–water partition coefficient (Wildman–Crippen LogP) is 1.36. The number of nitrogens with zero attached hydrogens (tertiary/aromatic N) is 2. The highest BCUT2D eigenvalue weighted by atomic mass is 32.2. The molecule has 0 atom stereocenters. The van der Waals surface area contributed by atoms with Crippen LogP contribution in [0.1, 0.15) is 20.3 Å². The van der Waals surface area contributed by atoms with Gasteiger partial charge in [0, 0.05) is 36.7 Å². The van der Waals surface area contributed by atoms with Gasteiger partial charge in [-0.15, -0.1) is 0 Å². The van der Waals surface area contributed by atoms with Crippen LogP contribution in [0.4, 0.5) is 0 Å². The molecule has 1 fully saturated rings. The smallest absolute Gasteiger partial charge is 0.0231 e. The zero-order valence-corrected chi connectivity index (χ0v) is 12.8. The zero-order chi connectivity index (χ0) is 12.7. The summed E-state index contributed by atoms with van der Waals surface area (Å²) in [7, 11) is 4.26. The Morgan fingerprint density at radius 1 is 1.29 bits per heavy atom. The van der Waals surface area contributed by atoms with Crippen molar-refractivity contribution in [3.05, 3.63) is 0 Å². The summed E-state index contributed by atoms with van der Waals surface area (Å²) in [5, 5.41) is 3.54. The average Bonchev–Trinajstić information content (AvgIpc) is 2.21. The van der Waals surface area contributed by atoms with Gasteiger partial charge in [-0.25, -0.2) is 0 Å². The molecule has 1 heterocycles. The molecule has 1 rings (SSSR count). The highest BCUT2D eigenvalue weighted by molar-refractivity contribution is 8.00. The minimum absolute atomic E-state index is 0.448. The SMILES string of the molecule is CN(C)CCCNCCN1CCSC(C)(C)C1. The first-order chi connectivity index (χ1) is 7.99. The van der Waals surface area contributed by atoms with Crippen LogP contribution in [-0.2, 0) is 0 Å². The standard InChI is InChI=1S/C13H29N3S/c1-13(2)12-16(10-11-17-13)9-7-14-6-5-8-15(3)4/h14H,5-12H2,1-4H3. The third kappa shape index (κ3) is 7.29. The molecule has 1 aliphatic heterocycles. The van der Waals surface area contributed by atoms with E-state index in [4.69, 9.17) is 0 Å². The Labute approximate surface area is 111 Å². The topological polar surface area (TPSA) is 18.5 Å². The van der Waals surface area contributed by atoms with Crippen molar-refractivity contribution in [1.82, 2.24) is 15.1 Å². The molecule has 0 unspecified atom stereocenters. The third-order valence-corrected chi connectivity index (χ3v) is 4.37. The number of nitrogens with one attached hydrogen (secondary N) is 1. The van der Waals surface area contributed by atoms with Crippen molar-refractivity contribution >= 4 is 11.8 Å². The molecule has 17 heavy (non-hydrogen) atoms. The number of thioether (sulfide) groups is 1. The molecule has 0 aliphatic carbocycles. The van der Waals surface area contributed by atoms with Crippen LogP contribution in [0.5, 0.6) is 0 Å². The molecule has 0 bridgehead atoms. The lowest BCUT2D eigenvalue weighted by molar-refractivity contribution is 0.259. The zero-order valence-electron chi connectivity index (χ0n) is 12.0. The Hall–Kier alpha value is 0.230. The van der Waals surface area contributed by atoms with Crippen molar-refractivity contribution in [1.29, 1.82) is 0 Å². The number of hydrogen-bond acceptors (Lipinski definition) is 4. The van der Waals surface area contributed by atoms with Gasteiger partial charge in [-0.1, -0.05) is 0 Å². The lowest BCUT2D eigenvalue weighted by Gasteiger charge is -2.37. The summed E-state index contributed by atoms with van der Waals surface area (Å²) < 4.78 is 0.448. The summed E-state index contributed by atoms with van der Waals surface area (Å²) in [4.78, 5) is 4.83. The van der Waals surface area contributed by atoms with E-state index in [-0.39, 0.29) is 0 Å². The second-order valence-corrected chi connectivity index (χ2v) is 7.59. The summed E-state index contributed by atoms with van der Waals surface area (Å²) in [5.41, 5.74) is 0. The van der Waals surface area contributed by atoms with Gasteiger partial charge in [0.05, 0.1) is 0 Å². The summed E-state index contributed by atoms with van der Waals surface area (Å²) in [6, 6.07) is 0. The number of rotatable bonds is 7. The summed E-state index contributed by atoms with van der Waals surface area (Å²) in [6.07, 6.45) is 1.24. The molecule has 0 amide bonds. The fourth-order valence-corrected chi connectivity index (χ4v) is 3.36. The molecule has 1 saturated heterocycles. The third-order valence-electron chi connectivity index (χ3n) is 3.07. The maximum absolute atomic E-state index is 3.54. The first kappa shape index (κ1) is 15.3. The molecule has 0 aromatic heterocycles. The van der Waals surface area contributed by atoms with Crippen LogP contribution in [0.25, 0.3) is 0 Å². The van der Waals surface area contributed by atoms with Gasteiger partial charge in [-0.2, -0.15) is 11.8 Å². The van der Waals surface area contributed by atoms with Gasteiger partial charge in [-0.05, 0) is 47.5 Å². The van der Waals surface area contributed by atoms with E-state index in [2.05, 4.69) is 54.8 Å². The molecule has 1 N–H and O–H groups in total. The van der Waals surface area contributed by atoms with E-state index in [0.29, 0.717) is 4.75 Å². The Balaban J connectivity index is 1.99. The van der Waals surface area contributed by atoms with E-state index in [0.717, 1.165) is 13.1 Å². The van der Waals surface area contributed by atoms with E-state index >= 15 is 0 Å². The normalized spacial score (nSPS) is 21.0. The summed E-state index contributed by atoms with van der Waals surface area (Å²) in [6.45, 7) is 11.9. The van der Waals surface area contributed by atoms with Crippen LogP contribution >= 0.6 is 11.8 Å². The maximum Gasteiger partial charge on any atom is 0.0231 e. The van der Waals surface area contributed by atoms with Crippen molar-refractivity contribution in [2.24, 2.45) is 0 Å². The minimum Gasteiger partial charge on any atom is -0.315 e. The molecule has 0 saturated carbocycles. The highest BCUT2D eigenvalue weighted by Gasteiger charge is 2.26. The summed E-state index contributed by atoms with van der Waals surface area (Å²) in [5.74, 6) is 1.29. The van der Waals surface area contributed by atoms with Gasteiger partial charge in [-0.3, -0.25) is 4.90 Å². The van der Waals surface area contributed by atoms with Gasteiger partial charge in [0.2, 0.25) is 0 Å². The van der Waals surface area contributed by atoms with Crippen molar-refractivity contribution in [2.75, 3.05) is 59.1 Å². The minimum atomic E-state index is 0.448. The van der Waals surface area contributed by atoms with E-state index in [1.54, 1.807) is 0 Å². The van der Waals surface area contributed by atoms with E-state index in [1.165, 1.54) is 38.4 Å². The summed E-state index contributed by atoms with van der Waals surface area (Å²) >= 11 is 2.11. The van der Waals surface area contributed by atoms with Crippen LogP contribution in [0.3, 0.4) is 0 Å². The average molecular weight is 259 g/mol.